The average molecular weight is 538 g/mol. The van der Waals surface area contributed by atoms with Crippen molar-refractivity contribution >= 4 is 17.5 Å². The summed E-state index contributed by atoms with van der Waals surface area (Å²) in [6, 6.07) is 8.00. The number of aliphatic carboxylic acids is 1. The maximum Gasteiger partial charge on any atom is 0.337 e. The van der Waals surface area contributed by atoms with Gasteiger partial charge in [-0.05, 0) is 69.9 Å². The number of hydrogen-bond acceptors (Lipinski definition) is 6. The summed E-state index contributed by atoms with van der Waals surface area (Å²) in [5.74, 6) is -1.49. The number of halogens is 2. The second-order valence-electron chi connectivity index (χ2n) is 11.0. The van der Waals surface area contributed by atoms with Crippen molar-refractivity contribution in [1.29, 1.82) is 0 Å². The summed E-state index contributed by atoms with van der Waals surface area (Å²) in [6.45, 7) is 11.1. The fourth-order valence-electron chi connectivity index (χ4n) is 5.47. The van der Waals surface area contributed by atoms with E-state index in [0.717, 1.165) is 39.8 Å². The molecule has 2 aliphatic rings. The Bertz CT molecular complexity index is 1450. The Labute approximate surface area is 226 Å². The summed E-state index contributed by atoms with van der Waals surface area (Å²) < 4.78 is 40.4. The molecule has 0 amide bonds. The Hall–Kier alpha value is -3.72. The molecule has 0 saturated heterocycles. The maximum absolute atomic E-state index is 14.6. The highest BCUT2D eigenvalue weighted by Gasteiger charge is 2.36. The van der Waals surface area contributed by atoms with Crippen molar-refractivity contribution in [2.45, 2.75) is 59.3 Å². The number of nitrogens with one attached hydrogen (secondary N) is 1. The molecule has 1 aromatic heterocycles. The normalized spacial score (nSPS) is 15.3. The monoisotopic (exact) mass is 537 g/mol. The van der Waals surface area contributed by atoms with Crippen LogP contribution in [-0.2, 0) is 22.5 Å². The van der Waals surface area contributed by atoms with E-state index in [1.165, 1.54) is 6.07 Å². The third-order valence-electron chi connectivity index (χ3n) is 7.14. The molecule has 9 heteroatoms. The zero-order valence-electron chi connectivity index (χ0n) is 22.8. The highest BCUT2D eigenvalue weighted by molar-refractivity contribution is 5.88. The molecule has 2 aromatic carbocycles. The zero-order valence-corrected chi connectivity index (χ0v) is 22.8. The fourth-order valence-corrected chi connectivity index (χ4v) is 5.47. The van der Waals surface area contributed by atoms with Gasteiger partial charge in [0.2, 0.25) is 0 Å². The van der Waals surface area contributed by atoms with Crippen molar-refractivity contribution in [3.63, 3.8) is 0 Å². The van der Waals surface area contributed by atoms with E-state index in [1.54, 1.807) is 13.0 Å². The number of carbonyl (C=O) groups is 1. The fraction of sp³-hybridized carbons (Fsp3) is 0.400. The van der Waals surface area contributed by atoms with E-state index in [0.29, 0.717) is 43.2 Å². The van der Waals surface area contributed by atoms with Gasteiger partial charge in [-0.1, -0.05) is 18.2 Å². The first-order valence-corrected chi connectivity index (χ1v) is 13.1. The van der Waals surface area contributed by atoms with Crippen LogP contribution in [-0.4, -0.2) is 41.4 Å². The van der Waals surface area contributed by atoms with Crippen molar-refractivity contribution in [1.82, 2.24) is 4.98 Å². The van der Waals surface area contributed by atoms with Crippen molar-refractivity contribution in [3.8, 4) is 16.9 Å². The summed E-state index contributed by atoms with van der Waals surface area (Å²) in [6.07, 6.45) is -0.698. The Balaban J connectivity index is 1.72. The number of aromatic nitrogens is 1. The number of carboxylic acids is 1. The van der Waals surface area contributed by atoms with Crippen molar-refractivity contribution < 1.29 is 28.2 Å². The molecular weight excluding hydrogens is 504 g/mol. The van der Waals surface area contributed by atoms with Crippen LogP contribution in [0.25, 0.3) is 11.1 Å². The van der Waals surface area contributed by atoms with Gasteiger partial charge in [-0.15, -0.1) is 0 Å². The first-order valence-electron chi connectivity index (χ1n) is 13.1. The third kappa shape index (κ3) is 5.03. The van der Waals surface area contributed by atoms with Crippen LogP contribution in [0.5, 0.6) is 5.75 Å². The highest BCUT2D eigenvalue weighted by Crippen LogP contribution is 2.46. The smallest absolute Gasteiger partial charge is 0.337 e. The molecule has 2 N–H and O–H groups in total. The third-order valence-corrected chi connectivity index (χ3v) is 7.14. The molecule has 39 heavy (non-hydrogen) atoms. The average Bonchev–Trinajstić information content (AvgIpc) is 3.26. The van der Waals surface area contributed by atoms with Gasteiger partial charge in [0.25, 0.3) is 0 Å². The van der Waals surface area contributed by atoms with Crippen LogP contribution in [0.4, 0.5) is 20.3 Å². The van der Waals surface area contributed by atoms with Crippen molar-refractivity contribution in [3.05, 3.63) is 69.9 Å². The van der Waals surface area contributed by atoms with Gasteiger partial charge in [-0.2, -0.15) is 0 Å². The van der Waals surface area contributed by atoms with Crippen LogP contribution < -0.4 is 15.0 Å². The van der Waals surface area contributed by atoms with Gasteiger partial charge in [-0.3, -0.25) is 0 Å². The molecule has 0 saturated carbocycles. The van der Waals surface area contributed by atoms with Crippen LogP contribution in [0.1, 0.15) is 54.8 Å². The number of anilines is 2. The minimum absolute atomic E-state index is 0.140. The lowest BCUT2D eigenvalue weighted by atomic mass is 9.87. The molecule has 1 unspecified atom stereocenters. The molecule has 0 fully saturated rings. The molecule has 0 radical (unpaired) electrons. The molecule has 0 aliphatic carbocycles. The summed E-state index contributed by atoms with van der Waals surface area (Å²) in [5.41, 5.74) is 4.77. The van der Waals surface area contributed by atoms with Gasteiger partial charge < -0.3 is 24.8 Å². The lowest BCUT2D eigenvalue weighted by Gasteiger charge is -2.30. The quantitative estimate of drug-likeness (QED) is 0.402. The van der Waals surface area contributed by atoms with E-state index in [9.17, 15) is 18.7 Å². The van der Waals surface area contributed by atoms with Gasteiger partial charge in [-0.25, -0.2) is 18.6 Å². The van der Waals surface area contributed by atoms with E-state index < -0.39 is 29.3 Å². The van der Waals surface area contributed by atoms with E-state index in [-0.39, 0.29) is 12.1 Å². The first kappa shape index (κ1) is 26.9. The Morgan fingerprint density at radius 1 is 1.23 bits per heavy atom. The number of hydrogen-bond donors (Lipinski definition) is 2. The SMILES string of the molecule is Cc1nc2c(c(-c3ccc4c(c3C)NCCO4)c1C(OC(C)(C)C)C(=O)O)CCN2Cc1cccc(F)c1F. The van der Waals surface area contributed by atoms with Crippen molar-refractivity contribution in [2.24, 2.45) is 0 Å². The van der Waals surface area contributed by atoms with Crippen LogP contribution in [0.15, 0.2) is 30.3 Å². The predicted octanol–water partition coefficient (Wildman–Crippen LogP) is 5.95. The Kier molecular flexibility index (Phi) is 6.97. The van der Waals surface area contributed by atoms with E-state index in [2.05, 4.69) is 5.32 Å². The number of benzene rings is 2. The number of carboxylic acid groups (broad SMARTS) is 1. The van der Waals surface area contributed by atoms with Gasteiger partial charge in [0.15, 0.2) is 17.7 Å². The first-order chi connectivity index (χ1) is 18.5. The molecule has 0 bridgehead atoms. The number of fused-ring (bicyclic) bond motifs is 2. The lowest BCUT2D eigenvalue weighted by molar-refractivity contribution is -0.160. The van der Waals surface area contributed by atoms with Gasteiger partial charge in [0.1, 0.15) is 18.2 Å². The summed E-state index contributed by atoms with van der Waals surface area (Å²) in [4.78, 5) is 19.4. The van der Waals surface area contributed by atoms with Gasteiger partial charge in [0, 0.05) is 42.0 Å². The van der Waals surface area contributed by atoms with Crippen LogP contribution in [0, 0.1) is 25.5 Å². The molecular formula is C30H33F2N3O4. The number of ether oxygens (including phenoxy) is 2. The second kappa shape index (κ2) is 10.1. The molecule has 1 atom stereocenters. The summed E-state index contributed by atoms with van der Waals surface area (Å²) in [7, 11) is 0. The van der Waals surface area contributed by atoms with Gasteiger partial charge >= 0.3 is 5.97 Å². The molecule has 3 heterocycles. The van der Waals surface area contributed by atoms with Crippen molar-refractivity contribution in [2.75, 3.05) is 29.9 Å². The van der Waals surface area contributed by atoms with E-state index in [4.69, 9.17) is 14.5 Å². The predicted molar refractivity (Wildman–Crippen MR) is 145 cm³/mol. The Morgan fingerprint density at radius 3 is 2.72 bits per heavy atom. The molecule has 5 rings (SSSR count). The standard InChI is InChI=1S/C30H33F2N3O4/c1-16-19(9-10-22-26(16)33-12-14-38-22)24-20-11-13-35(15-18-7-6-8-21(31)25(18)32)28(20)34-17(2)23(24)27(29(36)37)39-30(3,4)5/h6-10,27,33H,11-15H2,1-5H3,(H,36,37). The minimum Gasteiger partial charge on any atom is -0.490 e. The van der Waals surface area contributed by atoms with E-state index in [1.807, 2.05) is 44.7 Å². The second-order valence-corrected chi connectivity index (χ2v) is 11.0. The maximum atomic E-state index is 14.6. The molecule has 7 nitrogen and oxygen atoms in total. The zero-order chi connectivity index (χ0) is 28.1. The van der Waals surface area contributed by atoms with Crippen LogP contribution in [0.2, 0.25) is 0 Å². The lowest BCUT2D eigenvalue weighted by Crippen LogP contribution is -2.29. The number of nitrogens with zero attached hydrogens (tertiary/aromatic N) is 2. The van der Waals surface area contributed by atoms with Crippen LogP contribution in [0.3, 0.4) is 0 Å². The van der Waals surface area contributed by atoms with E-state index >= 15 is 0 Å². The highest BCUT2D eigenvalue weighted by atomic mass is 19.2. The molecule has 3 aromatic rings. The summed E-state index contributed by atoms with van der Waals surface area (Å²) >= 11 is 0. The largest absolute Gasteiger partial charge is 0.490 e. The number of aryl methyl sites for hydroxylation is 1. The van der Waals surface area contributed by atoms with Crippen LogP contribution >= 0.6 is 0 Å². The van der Waals surface area contributed by atoms with Gasteiger partial charge in [0.05, 0.1) is 11.3 Å². The molecule has 206 valence electrons. The molecule has 2 aliphatic heterocycles. The Morgan fingerprint density at radius 2 is 2.00 bits per heavy atom. The minimum atomic E-state index is -1.26. The number of pyridine rings is 1. The summed E-state index contributed by atoms with van der Waals surface area (Å²) in [5, 5.41) is 13.7. The topological polar surface area (TPSA) is 83.9 Å². The molecule has 0 spiro atoms. The number of rotatable bonds is 6.